The van der Waals surface area contributed by atoms with Gasteiger partial charge in [0.05, 0.1) is 19.1 Å². The number of ether oxygens (including phenoxy) is 1. The first-order valence-corrected chi connectivity index (χ1v) is 8.81. The fourth-order valence-electron chi connectivity index (χ4n) is 2.28. The molecule has 1 amide bonds. The summed E-state index contributed by atoms with van der Waals surface area (Å²) >= 11 is 0. The highest BCUT2D eigenvalue weighted by Crippen LogP contribution is 2.15. The molecule has 0 aliphatic carbocycles. The van der Waals surface area contributed by atoms with Crippen LogP contribution < -0.4 is 5.32 Å². The number of aliphatic imine (C=N–C) groups is 1. The van der Waals surface area contributed by atoms with Crippen molar-refractivity contribution in [1.82, 2.24) is 10.2 Å². The van der Waals surface area contributed by atoms with Crippen molar-refractivity contribution < 1.29 is 19.4 Å². The third-order valence-corrected chi connectivity index (χ3v) is 3.42. The number of nitrogens with one attached hydrogen (secondary N) is 1. The first-order chi connectivity index (χ1) is 11.6. The SMILES string of the molecule is CC.CCN1C(CNC(=O)OC(C)(C)C)=NCC1C/C=C(\C)C(=O)O. The zero-order chi connectivity index (χ0) is 19.6. The number of hydrogen-bond acceptors (Lipinski definition) is 5. The number of alkyl carbamates (subject to hydrolysis) is 1. The number of likely N-dealkylation sites (N-methyl/N-ethyl adjacent to an activating group) is 1. The third kappa shape index (κ3) is 8.56. The van der Waals surface area contributed by atoms with Crippen LogP contribution in [0.15, 0.2) is 16.6 Å². The summed E-state index contributed by atoms with van der Waals surface area (Å²) in [6, 6.07) is 0.129. The molecule has 0 bridgehead atoms. The lowest BCUT2D eigenvalue weighted by Gasteiger charge is -2.26. The molecule has 0 aromatic rings. The molecule has 1 unspecified atom stereocenters. The van der Waals surface area contributed by atoms with Crippen molar-refractivity contribution >= 4 is 17.9 Å². The number of carboxylic acid groups (broad SMARTS) is 1. The van der Waals surface area contributed by atoms with E-state index in [0.717, 1.165) is 12.4 Å². The maximum Gasteiger partial charge on any atom is 0.408 e. The summed E-state index contributed by atoms with van der Waals surface area (Å²) in [6.07, 6.45) is 1.86. The van der Waals surface area contributed by atoms with Crippen LogP contribution in [0, 0.1) is 0 Å². The Hall–Kier alpha value is -2.05. The van der Waals surface area contributed by atoms with E-state index in [1.165, 1.54) is 0 Å². The molecule has 0 aromatic carbocycles. The van der Waals surface area contributed by atoms with Crippen LogP contribution in [0.5, 0.6) is 0 Å². The van der Waals surface area contributed by atoms with Crippen LogP contribution in [0.4, 0.5) is 4.79 Å². The molecule has 1 aliphatic heterocycles. The van der Waals surface area contributed by atoms with Crippen molar-refractivity contribution in [1.29, 1.82) is 0 Å². The average Bonchev–Trinajstić information content (AvgIpc) is 2.92. The molecule has 2 N–H and O–H groups in total. The molecule has 0 radical (unpaired) electrons. The minimum absolute atomic E-state index is 0.129. The Morgan fingerprint density at radius 3 is 2.48 bits per heavy atom. The van der Waals surface area contributed by atoms with Crippen molar-refractivity contribution in [2.24, 2.45) is 4.99 Å². The number of amidine groups is 1. The van der Waals surface area contributed by atoms with Gasteiger partial charge in [-0.05, 0) is 41.0 Å². The molecule has 1 rings (SSSR count). The number of amides is 1. The second-order valence-electron chi connectivity index (χ2n) is 6.48. The van der Waals surface area contributed by atoms with Gasteiger partial charge in [0, 0.05) is 12.1 Å². The zero-order valence-electron chi connectivity index (χ0n) is 16.5. The molecule has 0 fully saturated rings. The third-order valence-electron chi connectivity index (χ3n) is 3.42. The molecular formula is C18H33N3O4. The lowest BCUT2D eigenvalue weighted by molar-refractivity contribution is -0.132. The monoisotopic (exact) mass is 355 g/mol. The first kappa shape index (κ1) is 22.9. The van der Waals surface area contributed by atoms with Crippen LogP contribution in [-0.2, 0) is 9.53 Å². The van der Waals surface area contributed by atoms with Crippen LogP contribution in [-0.4, -0.2) is 59.2 Å². The maximum absolute atomic E-state index is 11.7. The van der Waals surface area contributed by atoms with Crippen molar-refractivity contribution in [2.45, 2.75) is 66.5 Å². The van der Waals surface area contributed by atoms with E-state index >= 15 is 0 Å². The molecule has 0 saturated heterocycles. The van der Waals surface area contributed by atoms with Crippen molar-refractivity contribution in [2.75, 3.05) is 19.6 Å². The number of carbonyl (C=O) groups excluding carboxylic acids is 1. The maximum atomic E-state index is 11.7. The fraction of sp³-hybridized carbons (Fsp3) is 0.722. The van der Waals surface area contributed by atoms with Gasteiger partial charge >= 0.3 is 12.1 Å². The largest absolute Gasteiger partial charge is 0.478 e. The lowest BCUT2D eigenvalue weighted by atomic mass is 10.1. The molecular weight excluding hydrogens is 322 g/mol. The number of rotatable bonds is 6. The molecule has 1 atom stereocenters. The molecule has 25 heavy (non-hydrogen) atoms. The van der Waals surface area contributed by atoms with Crippen LogP contribution in [0.25, 0.3) is 0 Å². The van der Waals surface area contributed by atoms with E-state index in [1.54, 1.807) is 13.0 Å². The topological polar surface area (TPSA) is 91.2 Å². The number of aliphatic carboxylic acids is 1. The molecule has 1 aliphatic rings. The standard InChI is InChI=1S/C16H27N3O4.C2H6/c1-6-19-12(8-7-11(2)14(20)21)9-17-13(19)10-18-15(22)23-16(3,4)5;1-2/h7,12H,6,8-10H2,1-5H3,(H,18,22)(H,20,21);1-2H3/b11-7+;. The van der Waals surface area contributed by atoms with Crippen LogP contribution in [0.3, 0.4) is 0 Å². The number of carbonyl (C=O) groups is 2. The van der Waals surface area contributed by atoms with Crippen LogP contribution in [0.2, 0.25) is 0 Å². The molecule has 7 heteroatoms. The average molecular weight is 355 g/mol. The molecule has 1 heterocycles. The summed E-state index contributed by atoms with van der Waals surface area (Å²) in [4.78, 5) is 29.1. The van der Waals surface area contributed by atoms with Gasteiger partial charge in [-0.1, -0.05) is 19.9 Å². The number of carboxylic acids is 1. The highest BCUT2D eigenvalue weighted by atomic mass is 16.6. The Balaban J connectivity index is 0.00000277. The lowest BCUT2D eigenvalue weighted by Crippen LogP contribution is -2.43. The van der Waals surface area contributed by atoms with Gasteiger partial charge in [0.25, 0.3) is 0 Å². The minimum atomic E-state index is -0.904. The first-order valence-electron chi connectivity index (χ1n) is 8.81. The van der Waals surface area contributed by atoms with Crippen LogP contribution in [0.1, 0.15) is 54.9 Å². The number of hydrogen-bond donors (Lipinski definition) is 2. The summed E-state index contributed by atoms with van der Waals surface area (Å²) in [5.74, 6) is -0.108. The van der Waals surface area contributed by atoms with Gasteiger partial charge in [-0.2, -0.15) is 0 Å². The van der Waals surface area contributed by atoms with Gasteiger partial charge in [0.1, 0.15) is 11.4 Å². The van der Waals surface area contributed by atoms with Gasteiger partial charge in [-0.3, -0.25) is 4.99 Å². The van der Waals surface area contributed by atoms with Crippen molar-refractivity contribution in [3.05, 3.63) is 11.6 Å². The molecule has 144 valence electrons. The molecule has 0 spiro atoms. The van der Waals surface area contributed by atoms with E-state index in [4.69, 9.17) is 9.84 Å². The Bertz CT molecular complexity index is 507. The van der Waals surface area contributed by atoms with Gasteiger partial charge in [0.15, 0.2) is 0 Å². The summed E-state index contributed by atoms with van der Waals surface area (Å²) in [5, 5.41) is 11.6. The normalized spacial score (nSPS) is 17.4. The second kappa shape index (κ2) is 10.7. The van der Waals surface area contributed by atoms with Crippen molar-refractivity contribution in [3.63, 3.8) is 0 Å². The van der Waals surface area contributed by atoms with E-state index in [0.29, 0.717) is 25.1 Å². The predicted molar refractivity (Wildman–Crippen MR) is 100 cm³/mol. The highest BCUT2D eigenvalue weighted by Gasteiger charge is 2.26. The van der Waals surface area contributed by atoms with Gasteiger partial charge < -0.3 is 20.1 Å². The Morgan fingerprint density at radius 2 is 2.00 bits per heavy atom. The Kier molecular flexibility index (Phi) is 9.86. The predicted octanol–water partition coefficient (Wildman–Crippen LogP) is 3.06. The minimum Gasteiger partial charge on any atom is -0.478 e. The molecule has 0 aromatic heterocycles. The van der Waals surface area contributed by atoms with E-state index < -0.39 is 17.7 Å². The highest BCUT2D eigenvalue weighted by molar-refractivity contribution is 5.89. The van der Waals surface area contributed by atoms with E-state index in [1.807, 2.05) is 41.5 Å². The van der Waals surface area contributed by atoms with Crippen molar-refractivity contribution in [3.8, 4) is 0 Å². The van der Waals surface area contributed by atoms with Gasteiger partial charge in [-0.15, -0.1) is 0 Å². The van der Waals surface area contributed by atoms with Crippen LogP contribution >= 0.6 is 0 Å². The quantitative estimate of drug-likeness (QED) is 0.715. The molecule has 7 nitrogen and oxygen atoms in total. The Labute approximate surface area is 151 Å². The van der Waals surface area contributed by atoms with E-state index in [2.05, 4.69) is 15.2 Å². The number of nitrogens with zero attached hydrogens (tertiary/aromatic N) is 2. The van der Waals surface area contributed by atoms with E-state index in [-0.39, 0.29) is 6.04 Å². The fourth-order valence-corrected chi connectivity index (χ4v) is 2.28. The zero-order valence-corrected chi connectivity index (χ0v) is 16.5. The Morgan fingerprint density at radius 1 is 1.40 bits per heavy atom. The second-order valence-corrected chi connectivity index (χ2v) is 6.48. The van der Waals surface area contributed by atoms with Gasteiger partial charge in [0.2, 0.25) is 0 Å². The molecule has 0 saturated carbocycles. The summed E-state index contributed by atoms with van der Waals surface area (Å²) in [7, 11) is 0. The van der Waals surface area contributed by atoms with Gasteiger partial charge in [-0.25, -0.2) is 9.59 Å². The summed E-state index contributed by atoms with van der Waals surface area (Å²) in [5.41, 5.74) is -0.199. The summed E-state index contributed by atoms with van der Waals surface area (Å²) < 4.78 is 5.20. The van der Waals surface area contributed by atoms with E-state index in [9.17, 15) is 9.59 Å². The smallest absolute Gasteiger partial charge is 0.408 e. The summed E-state index contributed by atoms with van der Waals surface area (Å²) in [6.45, 7) is 14.7.